The fraction of sp³-hybridized carbons (Fsp3) is 0.222. The zero-order valence-corrected chi connectivity index (χ0v) is 15.1. The number of imide groups is 1. The second kappa shape index (κ2) is 6.72. The summed E-state index contributed by atoms with van der Waals surface area (Å²) in [6.07, 6.45) is 1.78. The Morgan fingerprint density at radius 2 is 1.79 bits per heavy atom. The van der Waals surface area contributed by atoms with Crippen molar-refractivity contribution < 1.29 is 18.8 Å². The fourth-order valence-corrected chi connectivity index (χ4v) is 2.80. The lowest BCUT2D eigenvalue weighted by Gasteiger charge is -2.12. The summed E-state index contributed by atoms with van der Waals surface area (Å²) in [5.74, 6) is -1.50. The van der Waals surface area contributed by atoms with Gasteiger partial charge in [-0.25, -0.2) is 0 Å². The molecule has 1 aliphatic rings. The van der Waals surface area contributed by atoms with Crippen LogP contribution in [0.2, 0.25) is 0 Å². The van der Waals surface area contributed by atoms with Crippen molar-refractivity contribution in [2.24, 2.45) is 0 Å². The molecule has 0 atom stereocenters. The molecule has 3 aromatic rings. The van der Waals surface area contributed by atoms with E-state index >= 15 is 0 Å². The van der Waals surface area contributed by atoms with Crippen molar-refractivity contribution in [2.75, 3.05) is 11.9 Å². The maximum absolute atomic E-state index is 12.3. The summed E-state index contributed by atoms with van der Waals surface area (Å²) in [6.45, 7) is 3.51. The summed E-state index contributed by atoms with van der Waals surface area (Å²) >= 11 is 0. The van der Waals surface area contributed by atoms with E-state index in [0.717, 1.165) is 4.90 Å². The van der Waals surface area contributed by atoms with E-state index in [9.17, 15) is 14.4 Å². The molecule has 1 aliphatic heterocycles. The Hall–Kier alpha value is -3.82. The van der Waals surface area contributed by atoms with Crippen molar-refractivity contribution in [2.45, 2.75) is 19.9 Å². The molecule has 0 saturated heterocycles. The molecule has 0 aliphatic carbocycles. The van der Waals surface area contributed by atoms with Gasteiger partial charge in [-0.2, -0.15) is 5.10 Å². The van der Waals surface area contributed by atoms with Crippen molar-refractivity contribution in [3.63, 3.8) is 0 Å². The summed E-state index contributed by atoms with van der Waals surface area (Å²) in [7, 11) is 0. The quantitative estimate of drug-likeness (QED) is 0.669. The van der Waals surface area contributed by atoms with Gasteiger partial charge < -0.3 is 4.42 Å². The minimum Gasteiger partial charge on any atom is -0.401 e. The predicted molar refractivity (Wildman–Crippen MR) is 96.3 cm³/mol. The standard InChI is InChI=1S/C18H16N6O4/c1-10(2)24-8-7-13(22-24)15-20-21-18(28-15)19-14(25)9-23-16(26)11-5-3-4-6-12(11)17(23)27/h3-8,10H,9H2,1-2H3,(H,19,21,25). The smallest absolute Gasteiger partial charge is 0.322 e. The molecule has 10 nitrogen and oxygen atoms in total. The number of amides is 3. The topological polar surface area (TPSA) is 123 Å². The third kappa shape index (κ3) is 3.04. The first kappa shape index (κ1) is 17.6. The number of nitrogens with zero attached hydrogens (tertiary/aromatic N) is 5. The van der Waals surface area contributed by atoms with Gasteiger partial charge in [-0.05, 0) is 32.0 Å². The molecule has 3 heterocycles. The number of nitrogens with one attached hydrogen (secondary N) is 1. The molecule has 0 spiro atoms. The number of hydrogen-bond donors (Lipinski definition) is 1. The summed E-state index contributed by atoms with van der Waals surface area (Å²) in [4.78, 5) is 37.7. The van der Waals surface area contributed by atoms with Gasteiger partial charge in [-0.3, -0.25) is 29.3 Å². The molecule has 1 aromatic carbocycles. The van der Waals surface area contributed by atoms with Crippen molar-refractivity contribution >= 4 is 23.7 Å². The Balaban J connectivity index is 1.43. The molecule has 0 radical (unpaired) electrons. The summed E-state index contributed by atoms with van der Waals surface area (Å²) < 4.78 is 7.13. The lowest BCUT2D eigenvalue weighted by Crippen LogP contribution is -2.37. The molecule has 0 bridgehead atoms. The average molecular weight is 380 g/mol. The third-order valence-corrected chi connectivity index (χ3v) is 4.21. The van der Waals surface area contributed by atoms with Crippen LogP contribution in [0.25, 0.3) is 11.6 Å². The summed E-state index contributed by atoms with van der Waals surface area (Å²) in [5, 5.41) is 14.3. The third-order valence-electron chi connectivity index (χ3n) is 4.21. The van der Waals surface area contributed by atoms with Crippen LogP contribution in [0, 0.1) is 0 Å². The van der Waals surface area contributed by atoms with Crippen LogP contribution in [0.15, 0.2) is 40.9 Å². The highest BCUT2D eigenvalue weighted by molar-refractivity contribution is 6.22. The number of benzene rings is 1. The molecule has 28 heavy (non-hydrogen) atoms. The number of anilines is 1. The molecule has 142 valence electrons. The molecule has 1 N–H and O–H groups in total. The Morgan fingerprint density at radius 3 is 2.39 bits per heavy atom. The second-order valence-electron chi connectivity index (χ2n) is 6.48. The molecular formula is C18H16N6O4. The number of rotatable bonds is 5. The van der Waals surface area contributed by atoms with Crippen LogP contribution >= 0.6 is 0 Å². The average Bonchev–Trinajstić information content (AvgIpc) is 3.38. The van der Waals surface area contributed by atoms with Crippen LogP contribution in [-0.4, -0.2) is 49.1 Å². The minimum absolute atomic E-state index is 0.143. The van der Waals surface area contributed by atoms with E-state index < -0.39 is 24.3 Å². The Morgan fingerprint density at radius 1 is 1.11 bits per heavy atom. The van der Waals surface area contributed by atoms with Crippen molar-refractivity contribution in [3.05, 3.63) is 47.7 Å². The first-order valence-electron chi connectivity index (χ1n) is 8.58. The fourth-order valence-electron chi connectivity index (χ4n) is 2.80. The van der Waals surface area contributed by atoms with E-state index in [4.69, 9.17) is 4.42 Å². The van der Waals surface area contributed by atoms with Crippen LogP contribution in [0.1, 0.15) is 40.6 Å². The molecule has 10 heteroatoms. The van der Waals surface area contributed by atoms with Gasteiger partial charge in [0.2, 0.25) is 5.91 Å². The molecular weight excluding hydrogens is 364 g/mol. The number of carbonyl (C=O) groups is 3. The normalized spacial score (nSPS) is 13.3. The van der Waals surface area contributed by atoms with E-state index in [2.05, 4.69) is 20.6 Å². The minimum atomic E-state index is -0.627. The monoisotopic (exact) mass is 380 g/mol. The number of carbonyl (C=O) groups excluding carboxylic acids is 3. The van der Waals surface area contributed by atoms with Crippen molar-refractivity contribution in [1.29, 1.82) is 0 Å². The largest absolute Gasteiger partial charge is 0.401 e. The van der Waals surface area contributed by atoms with Gasteiger partial charge in [0.1, 0.15) is 12.2 Å². The molecule has 0 unspecified atom stereocenters. The van der Waals surface area contributed by atoms with Crippen LogP contribution in [0.5, 0.6) is 0 Å². The van der Waals surface area contributed by atoms with Crippen molar-refractivity contribution in [1.82, 2.24) is 24.9 Å². The van der Waals surface area contributed by atoms with Gasteiger partial charge in [0.15, 0.2) is 0 Å². The van der Waals surface area contributed by atoms with Crippen LogP contribution in [0.4, 0.5) is 6.01 Å². The van der Waals surface area contributed by atoms with E-state index in [1.54, 1.807) is 41.2 Å². The van der Waals surface area contributed by atoms with Crippen LogP contribution < -0.4 is 5.32 Å². The van der Waals surface area contributed by atoms with Gasteiger partial charge in [-0.15, -0.1) is 5.10 Å². The van der Waals surface area contributed by atoms with Gasteiger partial charge in [0.25, 0.3) is 17.7 Å². The van der Waals surface area contributed by atoms with Crippen molar-refractivity contribution in [3.8, 4) is 11.6 Å². The molecule has 3 amide bonds. The number of aromatic nitrogens is 4. The lowest BCUT2D eigenvalue weighted by molar-refractivity contribution is -0.116. The van der Waals surface area contributed by atoms with Crippen LogP contribution in [-0.2, 0) is 4.79 Å². The van der Waals surface area contributed by atoms with Gasteiger partial charge in [-0.1, -0.05) is 17.2 Å². The first-order chi connectivity index (χ1) is 13.4. The second-order valence-corrected chi connectivity index (χ2v) is 6.48. The summed E-state index contributed by atoms with van der Waals surface area (Å²) in [6, 6.07) is 8.17. The molecule has 4 rings (SSSR count). The molecule has 0 saturated carbocycles. The first-order valence-corrected chi connectivity index (χ1v) is 8.58. The van der Waals surface area contributed by atoms with Gasteiger partial charge in [0.05, 0.1) is 11.1 Å². The van der Waals surface area contributed by atoms with Crippen LogP contribution in [0.3, 0.4) is 0 Å². The maximum Gasteiger partial charge on any atom is 0.322 e. The van der Waals surface area contributed by atoms with E-state index in [-0.39, 0.29) is 29.1 Å². The maximum atomic E-state index is 12.3. The van der Waals surface area contributed by atoms with E-state index in [0.29, 0.717) is 5.69 Å². The predicted octanol–water partition coefficient (Wildman–Crippen LogP) is 1.75. The number of fused-ring (bicyclic) bond motifs is 1. The summed E-state index contributed by atoms with van der Waals surface area (Å²) in [5.41, 5.74) is 1.03. The Kier molecular flexibility index (Phi) is 4.22. The SMILES string of the molecule is CC(C)n1ccc(-c2nnc(NC(=O)CN3C(=O)c4ccccc4C3=O)o2)n1. The highest BCUT2D eigenvalue weighted by Crippen LogP contribution is 2.22. The zero-order valence-electron chi connectivity index (χ0n) is 15.1. The van der Waals surface area contributed by atoms with E-state index in [1.807, 2.05) is 13.8 Å². The van der Waals surface area contributed by atoms with Gasteiger partial charge >= 0.3 is 6.01 Å². The molecule has 0 fully saturated rings. The molecule has 2 aromatic heterocycles. The lowest BCUT2D eigenvalue weighted by atomic mass is 10.1. The Labute approximate surface area is 159 Å². The highest BCUT2D eigenvalue weighted by Gasteiger charge is 2.36. The van der Waals surface area contributed by atoms with Gasteiger partial charge in [0, 0.05) is 12.2 Å². The van der Waals surface area contributed by atoms with E-state index in [1.165, 1.54) is 0 Å². The number of hydrogen-bond acceptors (Lipinski definition) is 7. The Bertz CT molecular complexity index is 1050. The zero-order chi connectivity index (χ0) is 19.8. The highest BCUT2D eigenvalue weighted by atomic mass is 16.4.